The van der Waals surface area contributed by atoms with Crippen molar-refractivity contribution in [3.8, 4) is 5.75 Å². The van der Waals surface area contributed by atoms with Gasteiger partial charge < -0.3 is 14.4 Å². The molecule has 0 atom stereocenters. The van der Waals surface area contributed by atoms with Crippen LogP contribution in [0.25, 0.3) is 0 Å². The van der Waals surface area contributed by atoms with Gasteiger partial charge >= 0.3 is 0 Å². The van der Waals surface area contributed by atoms with Crippen LogP contribution in [0.1, 0.15) is 69.2 Å². The zero-order valence-electron chi connectivity index (χ0n) is 18.9. The number of rotatable bonds is 6. The third-order valence-corrected chi connectivity index (χ3v) is 7.51. The van der Waals surface area contributed by atoms with Crippen LogP contribution in [0.5, 0.6) is 5.75 Å². The van der Waals surface area contributed by atoms with E-state index in [9.17, 15) is 4.79 Å². The van der Waals surface area contributed by atoms with E-state index in [1.807, 2.05) is 39.9 Å². The van der Waals surface area contributed by atoms with Crippen molar-refractivity contribution in [1.29, 1.82) is 0 Å². The molecule has 5 rings (SSSR count). The molecule has 2 aromatic rings. The van der Waals surface area contributed by atoms with Crippen LogP contribution in [0.2, 0.25) is 0 Å². The van der Waals surface area contributed by atoms with Crippen molar-refractivity contribution in [2.75, 3.05) is 13.1 Å². The van der Waals surface area contributed by atoms with E-state index in [-0.39, 0.29) is 5.60 Å². The van der Waals surface area contributed by atoms with Gasteiger partial charge in [0.2, 0.25) is 5.91 Å². The molecule has 1 amide bonds. The highest BCUT2D eigenvalue weighted by molar-refractivity contribution is 5.76. The maximum Gasteiger partial charge on any atom is 0.222 e. The molecular weight excluding hydrogens is 404 g/mol. The van der Waals surface area contributed by atoms with Crippen molar-refractivity contribution >= 4 is 5.91 Å². The Labute approximate surface area is 190 Å². The fraction of sp³-hybridized carbons (Fsp3) is 0.640. The van der Waals surface area contributed by atoms with Gasteiger partial charge in [-0.15, -0.1) is 5.10 Å². The molecule has 7 heteroatoms. The summed E-state index contributed by atoms with van der Waals surface area (Å²) < 4.78 is 14.2. The molecule has 3 heterocycles. The van der Waals surface area contributed by atoms with Crippen LogP contribution in [0, 0.1) is 5.92 Å². The summed E-state index contributed by atoms with van der Waals surface area (Å²) in [5.74, 6) is 1.90. The van der Waals surface area contributed by atoms with Gasteiger partial charge in [-0.05, 0) is 37.3 Å². The van der Waals surface area contributed by atoms with Gasteiger partial charge in [0.05, 0.1) is 24.4 Å². The number of hydrogen-bond acceptors (Lipinski definition) is 5. The molecule has 1 saturated carbocycles. The number of nitrogens with zero attached hydrogens (tertiary/aromatic N) is 4. The van der Waals surface area contributed by atoms with Crippen LogP contribution in [0.4, 0.5) is 0 Å². The van der Waals surface area contributed by atoms with Gasteiger partial charge in [0.25, 0.3) is 0 Å². The first kappa shape index (κ1) is 21.4. The zero-order chi connectivity index (χ0) is 21.8. The molecule has 1 aromatic carbocycles. The van der Waals surface area contributed by atoms with Crippen LogP contribution in [-0.4, -0.2) is 44.5 Å². The van der Waals surface area contributed by atoms with E-state index in [1.165, 1.54) is 32.1 Å². The van der Waals surface area contributed by atoms with Crippen LogP contribution < -0.4 is 4.74 Å². The number of carbonyl (C=O) groups excluding carboxylic acids is 1. The van der Waals surface area contributed by atoms with Gasteiger partial charge in [-0.2, -0.15) is 0 Å². The number of piperidine rings is 1. The van der Waals surface area contributed by atoms with Crippen LogP contribution in [0.3, 0.4) is 0 Å². The number of carbonyl (C=O) groups is 1. The molecule has 2 aliphatic heterocycles. The SMILES string of the molecule is O=C(CCC1CCCCC1)N1CCC2(CC1)Cn1nnc(COc3ccccc3)c1CO2. The Kier molecular flexibility index (Phi) is 6.44. The van der Waals surface area contributed by atoms with Crippen molar-refractivity contribution in [2.45, 2.75) is 83.1 Å². The second-order valence-corrected chi connectivity index (χ2v) is 9.64. The molecule has 32 heavy (non-hydrogen) atoms. The summed E-state index contributed by atoms with van der Waals surface area (Å²) in [5, 5.41) is 8.73. The summed E-state index contributed by atoms with van der Waals surface area (Å²) in [7, 11) is 0. The Hall–Kier alpha value is -2.41. The number of ether oxygens (including phenoxy) is 2. The summed E-state index contributed by atoms with van der Waals surface area (Å²) in [6.07, 6.45) is 10.2. The lowest BCUT2D eigenvalue weighted by Gasteiger charge is -2.43. The molecule has 0 unspecified atom stereocenters. The molecule has 1 aliphatic carbocycles. The molecular formula is C25H34N4O3. The third-order valence-electron chi connectivity index (χ3n) is 7.51. The van der Waals surface area contributed by atoms with Gasteiger partial charge in [-0.1, -0.05) is 55.5 Å². The van der Waals surface area contributed by atoms with E-state index >= 15 is 0 Å². The maximum absolute atomic E-state index is 12.7. The Morgan fingerprint density at radius 3 is 2.69 bits per heavy atom. The Balaban J connectivity index is 1.12. The smallest absolute Gasteiger partial charge is 0.222 e. The second-order valence-electron chi connectivity index (χ2n) is 9.64. The second kappa shape index (κ2) is 9.61. The number of benzene rings is 1. The topological polar surface area (TPSA) is 69.5 Å². The minimum absolute atomic E-state index is 0.238. The van der Waals surface area contributed by atoms with Gasteiger partial charge in [0, 0.05) is 19.5 Å². The monoisotopic (exact) mass is 438 g/mol. The average molecular weight is 439 g/mol. The summed E-state index contributed by atoms with van der Waals surface area (Å²) >= 11 is 0. The van der Waals surface area contributed by atoms with Crippen molar-refractivity contribution < 1.29 is 14.3 Å². The summed E-state index contributed by atoms with van der Waals surface area (Å²) in [5.41, 5.74) is 1.59. The summed E-state index contributed by atoms with van der Waals surface area (Å²) in [6.45, 7) is 3.13. The Bertz CT molecular complexity index is 899. The third kappa shape index (κ3) is 4.82. The zero-order valence-corrected chi connectivity index (χ0v) is 18.9. The molecule has 2 fully saturated rings. The Morgan fingerprint density at radius 1 is 1.12 bits per heavy atom. The van der Waals surface area contributed by atoms with E-state index in [1.54, 1.807) is 0 Å². The quantitative estimate of drug-likeness (QED) is 0.679. The van der Waals surface area contributed by atoms with E-state index in [2.05, 4.69) is 10.3 Å². The molecule has 1 saturated heterocycles. The maximum atomic E-state index is 12.7. The predicted octanol–water partition coefficient (Wildman–Crippen LogP) is 4.11. The van der Waals surface area contributed by atoms with Crippen molar-refractivity contribution in [2.24, 2.45) is 5.92 Å². The highest BCUT2D eigenvalue weighted by Gasteiger charge is 2.41. The first-order valence-corrected chi connectivity index (χ1v) is 12.2. The van der Waals surface area contributed by atoms with E-state index < -0.39 is 0 Å². The molecule has 0 N–H and O–H groups in total. The molecule has 1 aromatic heterocycles. The number of amides is 1. The van der Waals surface area contributed by atoms with Crippen molar-refractivity contribution in [1.82, 2.24) is 19.9 Å². The normalized spacial score (nSPS) is 20.8. The number of aromatic nitrogens is 3. The largest absolute Gasteiger partial charge is 0.487 e. The Morgan fingerprint density at radius 2 is 1.91 bits per heavy atom. The summed E-state index contributed by atoms with van der Waals surface area (Å²) in [4.78, 5) is 14.8. The van der Waals surface area contributed by atoms with E-state index in [4.69, 9.17) is 9.47 Å². The van der Waals surface area contributed by atoms with Crippen molar-refractivity contribution in [3.05, 3.63) is 41.7 Å². The highest BCUT2D eigenvalue weighted by Crippen LogP contribution is 2.34. The number of likely N-dealkylation sites (tertiary alicyclic amines) is 1. The van der Waals surface area contributed by atoms with Crippen LogP contribution in [-0.2, 0) is 29.3 Å². The van der Waals surface area contributed by atoms with Gasteiger partial charge in [-0.3, -0.25) is 4.79 Å². The van der Waals surface area contributed by atoms with Gasteiger partial charge in [-0.25, -0.2) is 4.68 Å². The highest BCUT2D eigenvalue weighted by atomic mass is 16.5. The van der Waals surface area contributed by atoms with Crippen LogP contribution in [0.15, 0.2) is 30.3 Å². The number of para-hydroxylation sites is 1. The van der Waals surface area contributed by atoms with Gasteiger partial charge in [0.15, 0.2) is 0 Å². The lowest BCUT2D eigenvalue weighted by atomic mass is 9.85. The van der Waals surface area contributed by atoms with E-state index in [0.29, 0.717) is 32.1 Å². The average Bonchev–Trinajstić information content (AvgIpc) is 3.24. The molecule has 1 spiro atoms. The van der Waals surface area contributed by atoms with E-state index in [0.717, 1.165) is 55.4 Å². The minimum Gasteiger partial charge on any atom is -0.487 e. The fourth-order valence-corrected chi connectivity index (χ4v) is 5.40. The minimum atomic E-state index is -0.238. The summed E-state index contributed by atoms with van der Waals surface area (Å²) in [6, 6.07) is 9.75. The van der Waals surface area contributed by atoms with Gasteiger partial charge in [0.1, 0.15) is 18.1 Å². The molecule has 7 nitrogen and oxygen atoms in total. The predicted molar refractivity (Wildman–Crippen MR) is 120 cm³/mol. The standard InChI is InChI=1S/C25H34N4O3/c30-24(12-11-20-7-3-1-4-8-20)28-15-13-25(14-16-28)19-29-23(18-32-25)22(26-27-29)17-31-21-9-5-2-6-10-21/h2,5-6,9-10,20H,1,3-4,7-8,11-19H2. The lowest BCUT2D eigenvalue weighted by Crippen LogP contribution is -2.52. The lowest BCUT2D eigenvalue weighted by molar-refractivity contribution is -0.146. The first-order valence-electron chi connectivity index (χ1n) is 12.2. The molecule has 3 aliphatic rings. The molecule has 172 valence electrons. The van der Waals surface area contributed by atoms with Crippen LogP contribution >= 0.6 is 0 Å². The number of fused-ring (bicyclic) bond motifs is 1. The molecule has 0 bridgehead atoms. The van der Waals surface area contributed by atoms with Crippen molar-refractivity contribution in [3.63, 3.8) is 0 Å². The fourth-order valence-electron chi connectivity index (χ4n) is 5.40. The number of hydrogen-bond donors (Lipinski definition) is 0. The molecule has 0 radical (unpaired) electrons. The first-order chi connectivity index (χ1) is 15.7.